The molecule has 1 N–H and O–H groups in total. The lowest BCUT2D eigenvalue weighted by molar-refractivity contribution is 0.0946. The first-order chi connectivity index (χ1) is 9.36. The van der Waals surface area contributed by atoms with Gasteiger partial charge in [-0.15, -0.1) is 0 Å². The van der Waals surface area contributed by atoms with Crippen molar-refractivity contribution in [3.63, 3.8) is 0 Å². The number of hydrogen-bond acceptors (Lipinski definition) is 4. The summed E-state index contributed by atoms with van der Waals surface area (Å²) in [6.45, 7) is 0.276. The van der Waals surface area contributed by atoms with Crippen LogP contribution in [0.1, 0.15) is 16.1 Å². The van der Waals surface area contributed by atoms with E-state index in [0.29, 0.717) is 5.69 Å². The van der Waals surface area contributed by atoms with Crippen LogP contribution in [0.3, 0.4) is 0 Å². The lowest BCUT2D eigenvalue weighted by Gasteiger charge is -2.04. The normalized spacial score (nSPS) is 11.3. The number of halogens is 1. The van der Waals surface area contributed by atoms with Gasteiger partial charge in [-0.1, -0.05) is 12.1 Å². The molecular weight excluding hydrogens is 302 g/mol. The molecule has 1 heterocycles. The third-order valence-corrected chi connectivity index (χ3v) is 3.97. The van der Waals surface area contributed by atoms with E-state index in [1.807, 2.05) is 0 Å². The Balaban J connectivity index is 1.99. The van der Waals surface area contributed by atoms with Crippen molar-refractivity contribution in [2.45, 2.75) is 11.4 Å². The predicted octanol–water partition coefficient (Wildman–Crippen LogP) is 1.28. The smallest absolute Gasteiger partial charge is 0.271 e. The van der Waals surface area contributed by atoms with Crippen molar-refractivity contribution in [3.05, 3.63) is 48.0 Å². The summed E-state index contributed by atoms with van der Waals surface area (Å²) >= 11 is 0. The highest BCUT2D eigenvalue weighted by Gasteiger charge is 2.10. The van der Waals surface area contributed by atoms with Gasteiger partial charge in [0.25, 0.3) is 15.0 Å². The largest absolute Gasteiger partial charge is 0.347 e. The summed E-state index contributed by atoms with van der Waals surface area (Å²) in [6.07, 6.45) is 3.15. The second-order valence-corrected chi connectivity index (χ2v) is 6.75. The zero-order valence-corrected chi connectivity index (χ0v) is 12.1. The van der Waals surface area contributed by atoms with Crippen LogP contribution in [0.5, 0.6) is 0 Å². The molecule has 6 nitrogen and oxygen atoms in total. The van der Waals surface area contributed by atoms with E-state index in [9.17, 15) is 13.2 Å². The van der Waals surface area contributed by atoms with Gasteiger partial charge in [-0.25, -0.2) is 13.4 Å². The van der Waals surface area contributed by atoms with Crippen molar-refractivity contribution in [2.75, 3.05) is 0 Å². The number of nitrogens with zero attached hydrogens (tertiary/aromatic N) is 2. The lowest BCUT2D eigenvalue weighted by atomic mass is 10.2. The number of carbonyl (C=O) groups is 1. The standard InChI is InChI=1S/C12H12ClN3O3S/c1-16-7-11(15-8-16)12(17)14-6-9-2-4-10(5-3-9)20(13,18)19/h2-5,7-8H,6H2,1H3,(H,14,17). The average Bonchev–Trinajstić information content (AvgIpc) is 2.82. The van der Waals surface area contributed by atoms with Gasteiger partial charge in [0.15, 0.2) is 0 Å². The van der Waals surface area contributed by atoms with Crippen molar-refractivity contribution in [1.29, 1.82) is 0 Å². The molecule has 20 heavy (non-hydrogen) atoms. The van der Waals surface area contributed by atoms with Crippen molar-refractivity contribution >= 4 is 25.6 Å². The van der Waals surface area contributed by atoms with Crippen molar-refractivity contribution in [3.8, 4) is 0 Å². The van der Waals surface area contributed by atoms with E-state index in [1.54, 1.807) is 29.9 Å². The van der Waals surface area contributed by atoms with Crippen LogP contribution in [0.15, 0.2) is 41.7 Å². The van der Waals surface area contributed by atoms with E-state index in [-0.39, 0.29) is 17.3 Å². The third-order valence-electron chi connectivity index (χ3n) is 2.60. The maximum atomic E-state index is 11.8. The number of amides is 1. The summed E-state index contributed by atoms with van der Waals surface area (Å²) < 4.78 is 23.8. The van der Waals surface area contributed by atoms with E-state index in [1.165, 1.54) is 18.5 Å². The van der Waals surface area contributed by atoms with Crippen LogP contribution >= 0.6 is 10.7 Å². The minimum Gasteiger partial charge on any atom is -0.347 e. The molecule has 1 aromatic carbocycles. The Bertz CT molecular complexity index is 723. The highest BCUT2D eigenvalue weighted by atomic mass is 35.7. The van der Waals surface area contributed by atoms with Crippen LogP contribution in [0.2, 0.25) is 0 Å². The highest BCUT2D eigenvalue weighted by molar-refractivity contribution is 8.13. The van der Waals surface area contributed by atoms with E-state index < -0.39 is 9.05 Å². The van der Waals surface area contributed by atoms with Crippen molar-refractivity contribution < 1.29 is 13.2 Å². The fourth-order valence-corrected chi connectivity index (χ4v) is 2.34. The zero-order valence-electron chi connectivity index (χ0n) is 10.6. The summed E-state index contributed by atoms with van der Waals surface area (Å²) in [5.41, 5.74) is 1.09. The fourth-order valence-electron chi connectivity index (χ4n) is 1.57. The van der Waals surface area contributed by atoms with E-state index in [2.05, 4.69) is 10.3 Å². The fraction of sp³-hybridized carbons (Fsp3) is 0.167. The van der Waals surface area contributed by atoms with E-state index in [0.717, 1.165) is 5.56 Å². The Hall–Kier alpha value is -1.86. The number of aryl methyl sites for hydroxylation is 1. The van der Waals surface area contributed by atoms with Crippen LogP contribution in [-0.2, 0) is 22.6 Å². The first kappa shape index (κ1) is 14.5. The van der Waals surface area contributed by atoms with Gasteiger partial charge in [-0.05, 0) is 17.7 Å². The van der Waals surface area contributed by atoms with Crippen LogP contribution in [-0.4, -0.2) is 23.9 Å². The monoisotopic (exact) mass is 313 g/mol. The first-order valence-electron chi connectivity index (χ1n) is 5.66. The topological polar surface area (TPSA) is 81.1 Å². The number of carbonyl (C=O) groups excluding carboxylic acids is 1. The van der Waals surface area contributed by atoms with Crippen LogP contribution in [0, 0.1) is 0 Å². The van der Waals surface area contributed by atoms with Crippen LogP contribution in [0.4, 0.5) is 0 Å². The molecule has 0 aliphatic heterocycles. The second-order valence-electron chi connectivity index (χ2n) is 4.19. The molecule has 2 aromatic rings. The molecule has 0 aliphatic rings. The van der Waals surface area contributed by atoms with Gasteiger partial charge in [0.05, 0.1) is 11.2 Å². The molecule has 2 rings (SSSR count). The zero-order chi connectivity index (χ0) is 14.8. The van der Waals surface area contributed by atoms with Gasteiger partial charge < -0.3 is 9.88 Å². The molecule has 0 spiro atoms. The second kappa shape index (κ2) is 5.64. The maximum absolute atomic E-state index is 11.8. The molecular formula is C12H12ClN3O3S. The highest BCUT2D eigenvalue weighted by Crippen LogP contribution is 2.15. The summed E-state index contributed by atoms with van der Waals surface area (Å²) in [6, 6.07) is 5.97. The molecule has 0 aliphatic carbocycles. The van der Waals surface area contributed by atoms with Gasteiger partial charge in [0.2, 0.25) is 0 Å². The molecule has 0 atom stereocenters. The summed E-state index contributed by atoms with van der Waals surface area (Å²) in [4.78, 5) is 15.7. The molecule has 1 aromatic heterocycles. The quantitative estimate of drug-likeness (QED) is 0.862. The molecule has 0 fully saturated rings. The minimum atomic E-state index is -3.72. The molecule has 1 amide bonds. The van der Waals surface area contributed by atoms with E-state index >= 15 is 0 Å². The minimum absolute atomic E-state index is 0.0268. The number of hydrogen-bond donors (Lipinski definition) is 1. The van der Waals surface area contributed by atoms with Gasteiger partial charge >= 0.3 is 0 Å². The number of nitrogens with one attached hydrogen (secondary N) is 1. The van der Waals surface area contributed by atoms with Gasteiger partial charge in [-0.2, -0.15) is 0 Å². The molecule has 8 heteroatoms. The van der Waals surface area contributed by atoms with Gasteiger partial charge in [-0.3, -0.25) is 4.79 Å². The molecule has 0 saturated heterocycles. The number of rotatable bonds is 4. The Morgan fingerprint density at radius 1 is 1.35 bits per heavy atom. The Morgan fingerprint density at radius 3 is 2.50 bits per heavy atom. The summed E-state index contributed by atoms with van der Waals surface area (Å²) in [5, 5.41) is 2.69. The van der Waals surface area contributed by atoms with Crippen molar-refractivity contribution in [1.82, 2.24) is 14.9 Å². The van der Waals surface area contributed by atoms with Crippen LogP contribution < -0.4 is 5.32 Å². The summed E-state index contributed by atoms with van der Waals surface area (Å²) in [5.74, 6) is -0.292. The summed E-state index contributed by atoms with van der Waals surface area (Å²) in [7, 11) is 3.27. The molecule has 0 saturated carbocycles. The Labute approximate surface area is 120 Å². The molecule has 106 valence electrons. The molecule has 0 bridgehead atoms. The molecule has 0 radical (unpaired) electrons. The first-order valence-corrected chi connectivity index (χ1v) is 7.97. The van der Waals surface area contributed by atoms with Gasteiger partial charge in [0.1, 0.15) is 5.69 Å². The van der Waals surface area contributed by atoms with Crippen LogP contribution in [0.25, 0.3) is 0 Å². The van der Waals surface area contributed by atoms with E-state index in [4.69, 9.17) is 10.7 Å². The van der Waals surface area contributed by atoms with Gasteiger partial charge in [0, 0.05) is 30.5 Å². The number of imidazole rings is 1. The maximum Gasteiger partial charge on any atom is 0.271 e. The number of aromatic nitrogens is 2. The average molecular weight is 314 g/mol. The number of benzene rings is 1. The Kier molecular flexibility index (Phi) is 4.10. The van der Waals surface area contributed by atoms with Crippen molar-refractivity contribution in [2.24, 2.45) is 7.05 Å². The SMILES string of the molecule is Cn1cnc(C(=O)NCc2ccc(S(=O)(=O)Cl)cc2)c1. The lowest BCUT2D eigenvalue weighted by Crippen LogP contribution is -2.23. The predicted molar refractivity (Wildman–Crippen MR) is 73.9 cm³/mol. The third kappa shape index (κ3) is 3.58. The molecule has 0 unspecified atom stereocenters. The Morgan fingerprint density at radius 2 is 2.00 bits per heavy atom.